The fraction of sp³-hybridized carbons (Fsp3) is 0.510. The van der Waals surface area contributed by atoms with E-state index < -0.39 is 108 Å². The number of nitrogens with one attached hydrogen (secondary N) is 7. The van der Waals surface area contributed by atoms with E-state index in [1.165, 1.54) is 7.11 Å². The number of carbonyl (C=O) groups excluding carboxylic acids is 9. The molecule has 76 heavy (non-hydrogen) atoms. The predicted octanol–water partition coefficient (Wildman–Crippen LogP) is -3.61. The number of ketones is 1. The Morgan fingerprint density at radius 3 is 1.54 bits per heavy atom. The topological polar surface area (TPSA) is 464 Å². The highest BCUT2D eigenvalue weighted by Gasteiger charge is 2.34. The van der Waals surface area contributed by atoms with Crippen LogP contribution in [0, 0.1) is 11.8 Å². The van der Waals surface area contributed by atoms with E-state index in [1.807, 2.05) is 13.8 Å². The Bertz CT molecular complexity index is 2400. The van der Waals surface area contributed by atoms with Crippen molar-refractivity contribution >= 4 is 70.7 Å². The molecule has 416 valence electrons. The molecule has 0 aliphatic rings. The standard InChI is InChI=1S/C49H75N17O10/c1-27(2)21-35(41(51)69)64-44(72)34(14-10-20-58-49(54)55)62-43(71)33(13-9-19-57-48(52)53)63-45(73)36(22-28(3)4)65-46(74)37(24-29-11-7-6-8-12-29)61-39(68)26-60-47(75)40(66-56)38(67)25-59-42(70)32(50)23-30-15-17-31(76-5)18-16-30/h6-8,11-12,15-18,27-28,32-37H,9-10,13-14,19-26,50H2,1-5H3,(H2,51,69)(H,59,70)(H,60,75)(H,61,68)(H,62,71)(H,63,73)(H,64,72)(H,65,74)(H4,52,53,57)(H4,54,55,58)/t32-,33-,34-,35+,36-,37-/m0/s1. The molecular weight excluding hydrogens is 987 g/mol. The van der Waals surface area contributed by atoms with Crippen LogP contribution in [0.3, 0.4) is 0 Å². The van der Waals surface area contributed by atoms with E-state index >= 15 is 0 Å². The Kier molecular flexibility index (Phi) is 28.0. The van der Waals surface area contributed by atoms with Crippen LogP contribution in [0.5, 0.6) is 5.75 Å². The summed E-state index contributed by atoms with van der Waals surface area (Å²) >= 11 is 0. The number of guanidine groups is 2. The Labute approximate surface area is 441 Å². The van der Waals surface area contributed by atoms with Crippen LogP contribution in [-0.4, -0.2) is 145 Å². The quantitative estimate of drug-likeness (QED) is 0.00804. The van der Waals surface area contributed by atoms with Crippen LogP contribution < -0.4 is 76.4 Å². The van der Waals surface area contributed by atoms with E-state index in [0.717, 1.165) is 0 Å². The number of rotatable bonds is 34. The number of Topliss-reactive ketones (excluding diaryl/α,β-unsaturated/α-hetero) is 1. The van der Waals surface area contributed by atoms with Gasteiger partial charge in [-0.2, -0.15) is 4.79 Å². The molecule has 27 nitrogen and oxygen atoms in total. The van der Waals surface area contributed by atoms with Crippen molar-refractivity contribution < 1.29 is 52.7 Å². The summed E-state index contributed by atoms with van der Waals surface area (Å²) in [7, 11) is 1.50. The molecule has 0 aliphatic heterocycles. The molecule has 0 fully saturated rings. The molecule has 0 aromatic heterocycles. The van der Waals surface area contributed by atoms with Crippen molar-refractivity contribution in [1.29, 1.82) is 0 Å². The summed E-state index contributed by atoms with van der Waals surface area (Å²) in [6.07, 6.45) is 0.554. The highest BCUT2D eigenvalue weighted by Crippen LogP contribution is 2.14. The second kappa shape index (κ2) is 33.4. The van der Waals surface area contributed by atoms with Crippen molar-refractivity contribution in [2.75, 3.05) is 33.3 Å². The number of aliphatic imine (C=N–C) groups is 2. The fourth-order valence-corrected chi connectivity index (χ4v) is 7.32. The Morgan fingerprint density at radius 2 is 1.05 bits per heavy atom. The number of carbonyl (C=O) groups is 9. The van der Waals surface area contributed by atoms with Crippen molar-refractivity contribution in [2.24, 2.45) is 56.2 Å². The number of ether oxygens (including phenoxy) is 1. The first-order valence-corrected chi connectivity index (χ1v) is 24.6. The number of primary amides is 1. The smallest absolute Gasteiger partial charge is 0.423 e. The highest BCUT2D eigenvalue weighted by atomic mass is 16.5. The van der Waals surface area contributed by atoms with Crippen LogP contribution in [0.4, 0.5) is 0 Å². The maximum Gasteiger partial charge on any atom is 0.423 e. The molecule has 0 saturated carbocycles. The number of amides is 8. The zero-order chi connectivity index (χ0) is 56.9. The van der Waals surface area contributed by atoms with Gasteiger partial charge < -0.3 is 81.9 Å². The molecule has 6 atom stereocenters. The van der Waals surface area contributed by atoms with E-state index in [0.29, 0.717) is 16.9 Å². The second-order valence-corrected chi connectivity index (χ2v) is 18.5. The second-order valence-electron chi connectivity index (χ2n) is 18.5. The average molecular weight is 1060 g/mol. The van der Waals surface area contributed by atoms with Gasteiger partial charge in [0.1, 0.15) is 36.0 Å². The van der Waals surface area contributed by atoms with Gasteiger partial charge in [0.05, 0.1) is 26.2 Å². The van der Waals surface area contributed by atoms with E-state index in [2.05, 4.69) is 52.0 Å². The Hall–Kier alpha value is -8.45. The summed E-state index contributed by atoms with van der Waals surface area (Å²) < 4.78 is 5.12. The molecule has 0 bridgehead atoms. The molecule has 8 amide bonds. The first kappa shape index (κ1) is 63.7. The van der Waals surface area contributed by atoms with Crippen LogP contribution in [0.15, 0.2) is 64.6 Å². The molecule has 0 unspecified atom stereocenters. The van der Waals surface area contributed by atoms with Gasteiger partial charge in [-0.1, -0.05) is 70.2 Å². The first-order chi connectivity index (χ1) is 35.9. The summed E-state index contributed by atoms with van der Waals surface area (Å²) in [4.78, 5) is 131. The molecule has 19 N–H and O–H groups in total. The Balaban J connectivity index is 2.30. The van der Waals surface area contributed by atoms with Crippen molar-refractivity contribution in [3.05, 3.63) is 71.3 Å². The highest BCUT2D eigenvalue weighted by molar-refractivity contribution is 6.64. The molecule has 0 spiro atoms. The lowest BCUT2D eigenvalue weighted by atomic mass is 10.00. The zero-order valence-corrected chi connectivity index (χ0v) is 43.6. The zero-order valence-electron chi connectivity index (χ0n) is 43.6. The van der Waals surface area contributed by atoms with Crippen molar-refractivity contribution in [2.45, 2.75) is 115 Å². The molecule has 2 aromatic rings. The van der Waals surface area contributed by atoms with Gasteiger partial charge in [0.2, 0.25) is 41.4 Å². The molecule has 0 heterocycles. The van der Waals surface area contributed by atoms with Crippen LogP contribution in [0.2, 0.25) is 0 Å². The minimum Gasteiger partial charge on any atom is -0.497 e. The van der Waals surface area contributed by atoms with Gasteiger partial charge in [0, 0.05) is 19.5 Å². The third kappa shape index (κ3) is 24.5. The Morgan fingerprint density at radius 1 is 0.579 bits per heavy atom. The molecule has 0 radical (unpaired) electrons. The lowest BCUT2D eigenvalue weighted by Crippen LogP contribution is -2.59. The van der Waals surface area contributed by atoms with Crippen LogP contribution >= 0.6 is 0 Å². The minimum absolute atomic E-state index is 0.00282. The van der Waals surface area contributed by atoms with Crippen molar-refractivity contribution in [3.8, 4) is 5.75 Å². The van der Waals surface area contributed by atoms with Crippen molar-refractivity contribution in [3.63, 3.8) is 0 Å². The van der Waals surface area contributed by atoms with Gasteiger partial charge in [-0.05, 0) is 80.0 Å². The third-order valence-corrected chi connectivity index (χ3v) is 11.2. The lowest BCUT2D eigenvalue weighted by molar-refractivity contribution is -0.135. The number of methoxy groups -OCH3 is 1. The maximum absolute atomic E-state index is 14.3. The fourth-order valence-electron chi connectivity index (χ4n) is 7.32. The number of hydrogen-bond acceptors (Lipinski definition) is 13. The number of nitrogens with two attached hydrogens (primary N) is 6. The van der Waals surface area contributed by atoms with Crippen LogP contribution in [0.1, 0.15) is 77.3 Å². The summed E-state index contributed by atoms with van der Waals surface area (Å²) in [5.74, 6) is -8.11. The summed E-state index contributed by atoms with van der Waals surface area (Å²) in [5.41, 5.74) is 43.3. The summed E-state index contributed by atoms with van der Waals surface area (Å²) in [6, 6.07) is 7.85. The van der Waals surface area contributed by atoms with Gasteiger partial charge in [-0.25, -0.2) is 0 Å². The number of nitrogens with zero attached hydrogens (tertiary/aromatic N) is 4. The van der Waals surface area contributed by atoms with Crippen LogP contribution in [-0.2, 0) is 56.0 Å². The number of hydrogen-bond donors (Lipinski definition) is 13. The monoisotopic (exact) mass is 1060 g/mol. The van der Waals surface area contributed by atoms with Gasteiger partial charge in [-0.15, -0.1) is 0 Å². The molecule has 0 saturated heterocycles. The lowest BCUT2D eigenvalue weighted by Gasteiger charge is -2.28. The largest absolute Gasteiger partial charge is 0.497 e. The van der Waals surface area contributed by atoms with Crippen molar-refractivity contribution in [1.82, 2.24) is 37.2 Å². The molecular formula is C49H75N17O10. The minimum atomic E-state index is -1.38. The van der Waals surface area contributed by atoms with E-state index in [4.69, 9.17) is 39.1 Å². The third-order valence-electron chi connectivity index (χ3n) is 11.2. The predicted molar refractivity (Wildman–Crippen MR) is 282 cm³/mol. The average Bonchev–Trinajstić information content (AvgIpc) is 3.36. The molecule has 0 aliphatic carbocycles. The van der Waals surface area contributed by atoms with Gasteiger partial charge in [-0.3, -0.25) is 53.1 Å². The normalized spacial score (nSPS) is 13.1. The van der Waals surface area contributed by atoms with Crippen LogP contribution in [0.25, 0.3) is 5.53 Å². The molecule has 27 heteroatoms. The van der Waals surface area contributed by atoms with E-state index in [1.54, 1.807) is 68.4 Å². The summed E-state index contributed by atoms with van der Waals surface area (Å²) in [5, 5.41) is 17.6. The maximum atomic E-state index is 14.3. The van der Waals surface area contributed by atoms with Gasteiger partial charge in [0.25, 0.3) is 5.78 Å². The van der Waals surface area contributed by atoms with Gasteiger partial charge >= 0.3 is 11.6 Å². The van der Waals surface area contributed by atoms with Gasteiger partial charge in [0.15, 0.2) is 11.9 Å². The van der Waals surface area contributed by atoms with E-state index in [9.17, 15) is 48.7 Å². The summed E-state index contributed by atoms with van der Waals surface area (Å²) in [6.45, 7) is 5.76. The first-order valence-electron chi connectivity index (χ1n) is 24.6. The SMILES string of the molecule is COc1ccc(C[C@H](N)C(=O)NCC(=O)C(=[N+]=[N-])C(=O)NCC(=O)N[C@@H](Cc2ccccc2)C(=O)N[C@@H](CC(C)C)C(=O)N[C@@H](CCCN=C(N)N)C(=O)N[C@@H](CCCN=C(N)N)C(=O)N[C@H](CC(C)C)C(N)=O)cc1. The molecule has 2 rings (SSSR count). The molecule has 2 aromatic carbocycles. The van der Waals surface area contributed by atoms with E-state index in [-0.39, 0.29) is 88.2 Å². The number of benzene rings is 2.